The maximum Gasteiger partial charge on any atom is 0.0580 e. The van der Waals surface area contributed by atoms with E-state index in [-0.39, 0.29) is 6.10 Å². The molecular formula is C17H20O. The predicted molar refractivity (Wildman–Crippen MR) is 76.5 cm³/mol. The molecule has 0 aliphatic heterocycles. The number of aliphatic hydroxyl groups is 1. The first-order valence-corrected chi connectivity index (χ1v) is 6.62. The normalized spacial score (nSPS) is 12.3. The lowest BCUT2D eigenvalue weighted by Gasteiger charge is -2.13. The molecule has 0 radical (unpaired) electrons. The number of aliphatic hydroxyl groups excluding tert-OH is 1. The Morgan fingerprint density at radius 3 is 2.33 bits per heavy atom. The molecule has 0 aliphatic carbocycles. The smallest absolute Gasteiger partial charge is 0.0580 e. The van der Waals surface area contributed by atoms with Gasteiger partial charge in [0.05, 0.1) is 6.10 Å². The first kappa shape index (κ1) is 12.8. The molecule has 2 aromatic rings. The molecule has 0 spiro atoms. The van der Waals surface area contributed by atoms with Gasteiger partial charge in [-0.05, 0) is 29.5 Å². The molecule has 2 rings (SSSR count). The summed E-state index contributed by atoms with van der Waals surface area (Å²) in [6.45, 7) is 2.10. The van der Waals surface area contributed by atoms with E-state index in [1.165, 1.54) is 16.7 Å². The van der Waals surface area contributed by atoms with Crippen molar-refractivity contribution in [2.75, 3.05) is 0 Å². The zero-order chi connectivity index (χ0) is 12.8. The van der Waals surface area contributed by atoms with Crippen molar-refractivity contribution in [3.05, 3.63) is 60.2 Å². The minimum atomic E-state index is -0.236. The van der Waals surface area contributed by atoms with Crippen LogP contribution in [0.15, 0.2) is 54.6 Å². The molecule has 0 amide bonds. The molecule has 2 aromatic carbocycles. The Hall–Kier alpha value is -1.60. The largest absolute Gasteiger partial charge is 0.393 e. The lowest BCUT2D eigenvalue weighted by Crippen LogP contribution is -2.10. The molecule has 0 aromatic heterocycles. The van der Waals surface area contributed by atoms with E-state index in [4.69, 9.17) is 0 Å². The fourth-order valence-electron chi connectivity index (χ4n) is 2.29. The number of benzene rings is 2. The second kappa shape index (κ2) is 6.36. The molecule has 1 atom stereocenters. The number of rotatable bonds is 5. The van der Waals surface area contributed by atoms with Crippen molar-refractivity contribution in [3.8, 4) is 11.1 Å². The van der Waals surface area contributed by atoms with Crippen LogP contribution in [-0.4, -0.2) is 11.2 Å². The second-order valence-electron chi connectivity index (χ2n) is 4.67. The van der Waals surface area contributed by atoms with Crippen LogP contribution < -0.4 is 0 Å². The molecule has 1 heteroatoms. The van der Waals surface area contributed by atoms with Gasteiger partial charge in [-0.3, -0.25) is 0 Å². The van der Waals surface area contributed by atoms with Crippen LogP contribution in [0.1, 0.15) is 25.3 Å². The van der Waals surface area contributed by atoms with Crippen LogP contribution in [0, 0.1) is 0 Å². The Morgan fingerprint density at radius 1 is 0.944 bits per heavy atom. The van der Waals surface area contributed by atoms with E-state index in [2.05, 4.69) is 49.4 Å². The summed E-state index contributed by atoms with van der Waals surface area (Å²) in [6.07, 6.45) is 2.39. The van der Waals surface area contributed by atoms with Gasteiger partial charge < -0.3 is 5.11 Å². The third-order valence-electron chi connectivity index (χ3n) is 3.18. The van der Waals surface area contributed by atoms with E-state index in [1.54, 1.807) is 0 Å². The maximum atomic E-state index is 9.97. The molecule has 0 aliphatic rings. The predicted octanol–water partition coefficient (Wildman–Crippen LogP) is 4.06. The first-order valence-electron chi connectivity index (χ1n) is 6.62. The van der Waals surface area contributed by atoms with Gasteiger partial charge in [-0.15, -0.1) is 0 Å². The molecule has 0 heterocycles. The quantitative estimate of drug-likeness (QED) is 0.835. The molecule has 0 saturated heterocycles. The van der Waals surface area contributed by atoms with Gasteiger partial charge in [0.2, 0.25) is 0 Å². The fourth-order valence-corrected chi connectivity index (χ4v) is 2.29. The minimum absolute atomic E-state index is 0.236. The summed E-state index contributed by atoms with van der Waals surface area (Å²) in [5.41, 5.74) is 3.68. The molecule has 1 nitrogen and oxygen atoms in total. The Kier molecular flexibility index (Phi) is 4.54. The van der Waals surface area contributed by atoms with Crippen molar-refractivity contribution < 1.29 is 5.11 Å². The first-order chi connectivity index (χ1) is 8.81. The Morgan fingerprint density at radius 2 is 1.61 bits per heavy atom. The maximum absolute atomic E-state index is 9.97. The highest BCUT2D eigenvalue weighted by atomic mass is 16.3. The molecule has 0 bridgehead atoms. The van der Waals surface area contributed by atoms with Crippen LogP contribution in [0.2, 0.25) is 0 Å². The molecule has 0 fully saturated rings. The van der Waals surface area contributed by atoms with Crippen molar-refractivity contribution in [1.82, 2.24) is 0 Å². The Balaban J connectivity index is 2.26. The summed E-state index contributed by atoms with van der Waals surface area (Å²) < 4.78 is 0. The van der Waals surface area contributed by atoms with Crippen LogP contribution >= 0.6 is 0 Å². The van der Waals surface area contributed by atoms with Crippen molar-refractivity contribution in [3.63, 3.8) is 0 Å². The van der Waals surface area contributed by atoms with Gasteiger partial charge in [0, 0.05) is 0 Å². The molecule has 0 saturated carbocycles. The van der Waals surface area contributed by atoms with E-state index in [1.807, 2.05) is 12.1 Å². The number of hydrogen-bond donors (Lipinski definition) is 1. The monoisotopic (exact) mass is 240 g/mol. The summed E-state index contributed by atoms with van der Waals surface area (Å²) >= 11 is 0. The average Bonchev–Trinajstić information content (AvgIpc) is 2.40. The van der Waals surface area contributed by atoms with E-state index < -0.39 is 0 Å². The standard InChI is InChI=1S/C17H20O/c1-2-8-16(18)13-15-11-6-7-12-17(15)14-9-4-3-5-10-14/h3-7,9-12,16,18H,2,8,13H2,1H3. The van der Waals surface area contributed by atoms with E-state index in [0.717, 1.165) is 19.3 Å². The summed E-state index contributed by atoms with van der Waals surface area (Å²) in [4.78, 5) is 0. The lowest BCUT2D eigenvalue weighted by molar-refractivity contribution is 0.164. The number of hydrogen-bond acceptors (Lipinski definition) is 1. The highest BCUT2D eigenvalue weighted by Gasteiger charge is 2.09. The van der Waals surface area contributed by atoms with Crippen LogP contribution in [0.3, 0.4) is 0 Å². The Labute approximate surface area is 109 Å². The second-order valence-corrected chi connectivity index (χ2v) is 4.67. The van der Waals surface area contributed by atoms with E-state index >= 15 is 0 Å². The van der Waals surface area contributed by atoms with Crippen LogP contribution in [0.4, 0.5) is 0 Å². The summed E-state index contributed by atoms with van der Waals surface area (Å²) in [5, 5.41) is 9.97. The van der Waals surface area contributed by atoms with Gasteiger partial charge in [0.1, 0.15) is 0 Å². The van der Waals surface area contributed by atoms with Crippen LogP contribution in [0.25, 0.3) is 11.1 Å². The molecule has 1 N–H and O–H groups in total. The summed E-state index contributed by atoms with van der Waals surface area (Å²) in [7, 11) is 0. The zero-order valence-electron chi connectivity index (χ0n) is 10.8. The third-order valence-corrected chi connectivity index (χ3v) is 3.18. The summed E-state index contributed by atoms with van der Waals surface area (Å²) in [6, 6.07) is 18.7. The van der Waals surface area contributed by atoms with Crippen molar-refractivity contribution in [1.29, 1.82) is 0 Å². The van der Waals surface area contributed by atoms with Crippen molar-refractivity contribution in [2.24, 2.45) is 0 Å². The SMILES string of the molecule is CCCC(O)Cc1ccccc1-c1ccccc1. The molecular weight excluding hydrogens is 220 g/mol. The van der Waals surface area contributed by atoms with Gasteiger partial charge in [0.15, 0.2) is 0 Å². The van der Waals surface area contributed by atoms with Gasteiger partial charge in [-0.1, -0.05) is 67.9 Å². The lowest BCUT2D eigenvalue weighted by atomic mass is 9.95. The van der Waals surface area contributed by atoms with E-state index in [9.17, 15) is 5.11 Å². The van der Waals surface area contributed by atoms with Gasteiger partial charge in [-0.25, -0.2) is 0 Å². The van der Waals surface area contributed by atoms with Crippen LogP contribution in [-0.2, 0) is 6.42 Å². The molecule has 18 heavy (non-hydrogen) atoms. The average molecular weight is 240 g/mol. The minimum Gasteiger partial charge on any atom is -0.393 e. The van der Waals surface area contributed by atoms with Crippen molar-refractivity contribution >= 4 is 0 Å². The fraction of sp³-hybridized carbons (Fsp3) is 0.294. The molecule has 94 valence electrons. The highest BCUT2D eigenvalue weighted by Crippen LogP contribution is 2.24. The van der Waals surface area contributed by atoms with Gasteiger partial charge >= 0.3 is 0 Å². The van der Waals surface area contributed by atoms with Crippen LogP contribution in [0.5, 0.6) is 0 Å². The summed E-state index contributed by atoms with van der Waals surface area (Å²) in [5.74, 6) is 0. The topological polar surface area (TPSA) is 20.2 Å². The van der Waals surface area contributed by atoms with E-state index in [0.29, 0.717) is 0 Å². The van der Waals surface area contributed by atoms with Gasteiger partial charge in [0.25, 0.3) is 0 Å². The molecule has 1 unspecified atom stereocenters. The zero-order valence-corrected chi connectivity index (χ0v) is 10.8. The van der Waals surface area contributed by atoms with Gasteiger partial charge in [-0.2, -0.15) is 0 Å². The highest BCUT2D eigenvalue weighted by molar-refractivity contribution is 5.67. The van der Waals surface area contributed by atoms with Crippen molar-refractivity contribution in [2.45, 2.75) is 32.3 Å². The third kappa shape index (κ3) is 3.21. The Bertz CT molecular complexity index is 476.